The quantitative estimate of drug-likeness (QED) is 0.329. The van der Waals surface area contributed by atoms with Crippen molar-refractivity contribution in [2.75, 3.05) is 32.1 Å². The average Bonchev–Trinajstić information content (AvgIpc) is 3.33. The zero-order chi connectivity index (χ0) is 24.5. The maximum absolute atomic E-state index is 12.4. The van der Waals surface area contributed by atoms with E-state index in [-0.39, 0.29) is 41.4 Å². The standard InChI is InChI=1S/C24H28ClN5O3S2.ClH/c1-26-22-29-30-23(34-22)35(31,32)28-13-14-33-19-8-3-16-9-12-27-21(20(16)15-19)24(10-2-11-24)17-4-6-18(25)7-5-17;/h3-8,15,21,27-28H,2,9-14H2,1H3,(H,26,29);1H. The predicted octanol–water partition coefficient (Wildman–Crippen LogP) is 4.32. The Hall–Kier alpha value is -1.95. The monoisotopic (exact) mass is 569 g/mol. The number of hydrogen-bond donors (Lipinski definition) is 3. The maximum atomic E-state index is 12.4. The van der Waals surface area contributed by atoms with Gasteiger partial charge >= 0.3 is 0 Å². The predicted molar refractivity (Wildman–Crippen MR) is 145 cm³/mol. The molecule has 2 aromatic carbocycles. The summed E-state index contributed by atoms with van der Waals surface area (Å²) in [6.07, 6.45) is 4.43. The fourth-order valence-electron chi connectivity index (χ4n) is 5.02. The normalized spacial score (nSPS) is 18.4. The fraction of sp³-hybridized carbons (Fsp3) is 0.417. The summed E-state index contributed by atoms with van der Waals surface area (Å²) in [7, 11) is -2.05. The van der Waals surface area contributed by atoms with Gasteiger partial charge in [-0.1, -0.05) is 47.6 Å². The van der Waals surface area contributed by atoms with E-state index in [0.29, 0.717) is 5.13 Å². The number of halogens is 2. The summed E-state index contributed by atoms with van der Waals surface area (Å²) in [4.78, 5) is 0. The van der Waals surface area contributed by atoms with Gasteiger partial charge in [0.05, 0.1) is 0 Å². The van der Waals surface area contributed by atoms with E-state index in [2.05, 4.69) is 49.8 Å². The van der Waals surface area contributed by atoms with Crippen LogP contribution in [0.3, 0.4) is 0 Å². The molecule has 2 heterocycles. The summed E-state index contributed by atoms with van der Waals surface area (Å²) in [6.45, 7) is 1.27. The minimum Gasteiger partial charge on any atom is -0.492 e. The fourth-order valence-corrected chi connectivity index (χ4v) is 7.06. The van der Waals surface area contributed by atoms with Gasteiger partial charge in [0.25, 0.3) is 10.0 Å². The van der Waals surface area contributed by atoms with Crippen LogP contribution in [0.4, 0.5) is 5.13 Å². The first-order valence-electron chi connectivity index (χ1n) is 11.7. The van der Waals surface area contributed by atoms with Gasteiger partial charge in [0.2, 0.25) is 9.47 Å². The molecule has 8 nitrogen and oxygen atoms in total. The van der Waals surface area contributed by atoms with Crippen molar-refractivity contribution in [3.05, 3.63) is 64.2 Å². The van der Waals surface area contributed by atoms with Crippen LogP contribution in [0.15, 0.2) is 46.8 Å². The number of nitrogens with one attached hydrogen (secondary N) is 3. The van der Waals surface area contributed by atoms with Crippen LogP contribution in [-0.4, -0.2) is 45.4 Å². The maximum Gasteiger partial charge on any atom is 0.269 e. The molecule has 1 unspecified atom stereocenters. The van der Waals surface area contributed by atoms with Crippen molar-refractivity contribution in [2.45, 2.75) is 41.5 Å². The Morgan fingerprint density at radius 2 is 1.97 bits per heavy atom. The third-order valence-corrected chi connectivity index (χ3v) is 9.92. The molecule has 0 saturated heterocycles. The number of nitrogens with zero attached hydrogens (tertiary/aromatic N) is 2. The Balaban J connectivity index is 0.00000304. The van der Waals surface area contributed by atoms with E-state index >= 15 is 0 Å². The SMILES string of the molecule is CNc1nnc(S(=O)(=O)NCCOc2ccc3c(c2)C(C2(c4ccc(Cl)cc4)CCC2)NCC3)s1.Cl. The number of ether oxygens (including phenoxy) is 1. The summed E-state index contributed by atoms with van der Waals surface area (Å²) in [5.74, 6) is 0.732. The lowest BCUT2D eigenvalue weighted by molar-refractivity contribution is 0.164. The molecule has 1 aromatic heterocycles. The molecule has 5 rings (SSSR count). The van der Waals surface area contributed by atoms with E-state index in [1.54, 1.807) is 7.05 Å². The molecule has 2 aliphatic rings. The van der Waals surface area contributed by atoms with Crippen LogP contribution in [0.25, 0.3) is 0 Å². The number of rotatable bonds is 9. The van der Waals surface area contributed by atoms with Gasteiger partial charge in [-0.3, -0.25) is 0 Å². The van der Waals surface area contributed by atoms with Crippen LogP contribution in [0.2, 0.25) is 5.02 Å². The van der Waals surface area contributed by atoms with E-state index < -0.39 is 10.0 Å². The number of aromatic nitrogens is 2. The first-order valence-corrected chi connectivity index (χ1v) is 14.3. The summed E-state index contributed by atoms with van der Waals surface area (Å²) in [5.41, 5.74) is 3.95. The molecule has 0 radical (unpaired) electrons. The third kappa shape index (κ3) is 5.34. The zero-order valence-electron chi connectivity index (χ0n) is 19.8. The third-order valence-electron chi connectivity index (χ3n) is 6.90. The van der Waals surface area contributed by atoms with E-state index in [1.807, 2.05) is 18.2 Å². The Bertz CT molecular complexity index is 1300. The van der Waals surface area contributed by atoms with Gasteiger partial charge in [-0.2, -0.15) is 0 Å². The largest absolute Gasteiger partial charge is 0.492 e. The van der Waals surface area contributed by atoms with Crippen molar-refractivity contribution in [3.8, 4) is 5.75 Å². The molecule has 1 aliphatic carbocycles. The summed E-state index contributed by atoms with van der Waals surface area (Å²) in [6, 6.07) is 14.7. The molecular formula is C24H29Cl2N5O3S2. The molecule has 194 valence electrons. The van der Waals surface area contributed by atoms with Gasteiger partial charge in [0, 0.05) is 30.1 Å². The molecule has 3 aromatic rings. The van der Waals surface area contributed by atoms with Gasteiger partial charge in [0.1, 0.15) is 12.4 Å². The highest BCUT2D eigenvalue weighted by atomic mass is 35.5. The van der Waals surface area contributed by atoms with E-state index in [4.69, 9.17) is 16.3 Å². The summed E-state index contributed by atoms with van der Waals surface area (Å²) < 4.78 is 33.2. The Morgan fingerprint density at radius 1 is 1.19 bits per heavy atom. The van der Waals surface area contributed by atoms with Crippen molar-refractivity contribution >= 4 is 50.5 Å². The summed E-state index contributed by atoms with van der Waals surface area (Å²) >= 11 is 7.14. The van der Waals surface area contributed by atoms with Gasteiger partial charge in [-0.05, 0) is 66.8 Å². The number of fused-ring (bicyclic) bond motifs is 1. The lowest BCUT2D eigenvalue weighted by Gasteiger charge is -2.50. The molecule has 0 spiro atoms. The van der Waals surface area contributed by atoms with Crippen molar-refractivity contribution in [3.63, 3.8) is 0 Å². The number of sulfonamides is 1. The molecule has 1 aliphatic heterocycles. The van der Waals surface area contributed by atoms with E-state index in [9.17, 15) is 8.42 Å². The number of anilines is 1. The Kier molecular flexibility index (Phi) is 8.43. The highest BCUT2D eigenvalue weighted by Crippen LogP contribution is 2.53. The number of benzene rings is 2. The second-order valence-electron chi connectivity index (χ2n) is 8.88. The van der Waals surface area contributed by atoms with Gasteiger partial charge in [-0.15, -0.1) is 22.6 Å². The van der Waals surface area contributed by atoms with Crippen LogP contribution < -0.4 is 20.1 Å². The van der Waals surface area contributed by atoms with Crippen LogP contribution in [0.1, 0.15) is 42.0 Å². The minimum absolute atomic E-state index is 0. The molecule has 12 heteroatoms. The van der Waals surface area contributed by atoms with Gasteiger partial charge in [-0.25, -0.2) is 13.1 Å². The Morgan fingerprint density at radius 3 is 2.64 bits per heavy atom. The van der Waals surface area contributed by atoms with E-state index in [0.717, 1.165) is 47.9 Å². The lowest BCUT2D eigenvalue weighted by atomic mass is 9.58. The second kappa shape index (κ2) is 11.2. The number of hydrogen-bond acceptors (Lipinski definition) is 8. The molecule has 36 heavy (non-hydrogen) atoms. The van der Waals surface area contributed by atoms with Crippen molar-refractivity contribution < 1.29 is 13.2 Å². The van der Waals surface area contributed by atoms with Gasteiger partial charge < -0.3 is 15.4 Å². The summed E-state index contributed by atoms with van der Waals surface area (Å²) in [5, 5.41) is 15.3. The lowest BCUT2D eigenvalue weighted by Crippen LogP contribution is -2.49. The topological polar surface area (TPSA) is 105 Å². The van der Waals surface area contributed by atoms with Crippen LogP contribution in [-0.2, 0) is 21.9 Å². The van der Waals surface area contributed by atoms with Crippen LogP contribution >= 0.6 is 35.3 Å². The van der Waals surface area contributed by atoms with E-state index in [1.165, 1.54) is 23.1 Å². The molecule has 1 saturated carbocycles. The average molecular weight is 571 g/mol. The molecular weight excluding hydrogens is 541 g/mol. The van der Waals surface area contributed by atoms with Crippen molar-refractivity contribution in [1.82, 2.24) is 20.2 Å². The molecule has 0 amide bonds. The molecule has 1 fully saturated rings. The Labute approximate surface area is 226 Å². The first-order chi connectivity index (χ1) is 16.9. The highest BCUT2D eigenvalue weighted by molar-refractivity contribution is 7.91. The molecule has 0 bridgehead atoms. The molecule has 3 N–H and O–H groups in total. The van der Waals surface area contributed by atoms with Gasteiger partial charge in [0.15, 0.2) is 0 Å². The van der Waals surface area contributed by atoms with Crippen LogP contribution in [0, 0.1) is 0 Å². The second-order valence-corrected chi connectivity index (χ2v) is 12.2. The van der Waals surface area contributed by atoms with Crippen molar-refractivity contribution in [1.29, 1.82) is 0 Å². The zero-order valence-corrected chi connectivity index (χ0v) is 23.0. The van der Waals surface area contributed by atoms with Crippen LogP contribution in [0.5, 0.6) is 5.75 Å². The van der Waals surface area contributed by atoms with Crippen molar-refractivity contribution in [2.24, 2.45) is 0 Å². The smallest absolute Gasteiger partial charge is 0.269 e. The molecule has 1 atom stereocenters. The first kappa shape index (κ1) is 27.1. The highest BCUT2D eigenvalue weighted by Gasteiger charge is 2.47. The minimum atomic E-state index is -3.72.